The van der Waals surface area contributed by atoms with Crippen LogP contribution in [-0.4, -0.2) is 51.3 Å². The Morgan fingerprint density at radius 3 is 2.52 bits per heavy atom. The minimum atomic E-state index is 0.973. The highest BCUT2D eigenvalue weighted by atomic mass is 16.5. The van der Waals surface area contributed by atoms with Crippen molar-refractivity contribution in [3.63, 3.8) is 0 Å². The summed E-state index contributed by atoms with van der Waals surface area (Å²) in [5, 5.41) is 3.42. The number of piperidine rings is 1. The minimum absolute atomic E-state index is 0.973. The Balaban J connectivity index is 1.80. The van der Waals surface area contributed by atoms with Gasteiger partial charge in [0.15, 0.2) is 0 Å². The van der Waals surface area contributed by atoms with Gasteiger partial charge in [-0.05, 0) is 43.0 Å². The molecule has 2 heterocycles. The van der Waals surface area contributed by atoms with Crippen LogP contribution < -0.4 is 15.0 Å². The summed E-state index contributed by atoms with van der Waals surface area (Å²) in [6.07, 6.45) is 4.01. The fourth-order valence-electron chi connectivity index (χ4n) is 3.37. The first-order valence-electron chi connectivity index (χ1n) is 8.22. The third-order valence-electron chi connectivity index (χ3n) is 4.59. The maximum Gasteiger partial charge on any atom is 0.119 e. The first kappa shape index (κ1) is 14.7. The fraction of sp³-hybridized carbons (Fsp3) is 0.647. The van der Waals surface area contributed by atoms with Crippen molar-refractivity contribution in [2.45, 2.75) is 25.8 Å². The third-order valence-corrected chi connectivity index (χ3v) is 4.59. The molecule has 1 aromatic rings. The van der Waals surface area contributed by atoms with Crippen LogP contribution in [0.2, 0.25) is 0 Å². The minimum Gasteiger partial charge on any atom is -0.497 e. The number of nitrogens with one attached hydrogen (secondary N) is 1. The van der Waals surface area contributed by atoms with Crippen LogP contribution in [0.3, 0.4) is 0 Å². The Labute approximate surface area is 128 Å². The molecule has 0 aliphatic carbocycles. The summed E-state index contributed by atoms with van der Waals surface area (Å²) in [5.74, 6) is 0.973. The van der Waals surface area contributed by atoms with E-state index < -0.39 is 0 Å². The SMILES string of the molecule is COc1ccc(N2CCCCC2)c(CN2CCNCC2)c1. The van der Waals surface area contributed by atoms with Gasteiger partial charge in [-0.1, -0.05) is 0 Å². The molecule has 3 rings (SSSR count). The Morgan fingerprint density at radius 1 is 1.05 bits per heavy atom. The van der Waals surface area contributed by atoms with Crippen molar-refractivity contribution in [1.29, 1.82) is 0 Å². The zero-order chi connectivity index (χ0) is 14.5. The Bertz CT molecular complexity index is 451. The van der Waals surface area contributed by atoms with E-state index in [1.807, 2.05) is 0 Å². The smallest absolute Gasteiger partial charge is 0.119 e. The number of anilines is 1. The lowest BCUT2D eigenvalue weighted by Crippen LogP contribution is -2.43. The van der Waals surface area contributed by atoms with Crippen LogP contribution in [0.15, 0.2) is 18.2 Å². The van der Waals surface area contributed by atoms with Crippen molar-refractivity contribution in [2.75, 3.05) is 51.3 Å². The Kier molecular flexibility index (Phi) is 4.99. The number of methoxy groups -OCH3 is 1. The first-order valence-corrected chi connectivity index (χ1v) is 8.22. The van der Waals surface area contributed by atoms with E-state index in [2.05, 4.69) is 33.3 Å². The highest BCUT2D eigenvalue weighted by Crippen LogP contribution is 2.29. The van der Waals surface area contributed by atoms with Gasteiger partial charge in [-0.25, -0.2) is 0 Å². The number of benzene rings is 1. The molecule has 4 nitrogen and oxygen atoms in total. The van der Waals surface area contributed by atoms with Gasteiger partial charge in [-0.15, -0.1) is 0 Å². The highest BCUT2D eigenvalue weighted by Gasteiger charge is 2.18. The van der Waals surface area contributed by atoms with Crippen LogP contribution >= 0.6 is 0 Å². The summed E-state index contributed by atoms with van der Waals surface area (Å²) in [7, 11) is 1.75. The number of nitrogens with zero attached hydrogens (tertiary/aromatic N) is 2. The number of piperazine rings is 1. The molecule has 0 atom stereocenters. The normalized spacial score (nSPS) is 20.5. The summed E-state index contributed by atoms with van der Waals surface area (Å²) in [6.45, 7) is 7.89. The van der Waals surface area contributed by atoms with E-state index in [0.29, 0.717) is 0 Å². The molecule has 1 aromatic carbocycles. The highest BCUT2D eigenvalue weighted by molar-refractivity contribution is 5.56. The summed E-state index contributed by atoms with van der Waals surface area (Å²) in [6, 6.07) is 6.58. The first-order chi connectivity index (χ1) is 10.4. The molecular weight excluding hydrogens is 262 g/mol. The van der Waals surface area contributed by atoms with Gasteiger partial charge in [0.05, 0.1) is 7.11 Å². The molecule has 0 unspecified atom stereocenters. The fourth-order valence-corrected chi connectivity index (χ4v) is 3.37. The van der Waals surface area contributed by atoms with Gasteiger partial charge in [0.1, 0.15) is 5.75 Å². The topological polar surface area (TPSA) is 27.7 Å². The van der Waals surface area contributed by atoms with Crippen molar-refractivity contribution in [3.8, 4) is 5.75 Å². The molecule has 21 heavy (non-hydrogen) atoms. The summed E-state index contributed by atoms with van der Waals surface area (Å²) < 4.78 is 5.44. The van der Waals surface area contributed by atoms with E-state index in [4.69, 9.17) is 4.74 Å². The number of hydrogen-bond donors (Lipinski definition) is 1. The molecule has 116 valence electrons. The van der Waals surface area contributed by atoms with Crippen LogP contribution in [0.4, 0.5) is 5.69 Å². The molecule has 2 saturated heterocycles. The van der Waals surface area contributed by atoms with Crippen molar-refractivity contribution >= 4 is 5.69 Å². The molecule has 2 fully saturated rings. The van der Waals surface area contributed by atoms with Crippen molar-refractivity contribution in [2.24, 2.45) is 0 Å². The lowest BCUT2D eigenvalue weighted by atomic mass is 10.1. The maximum atomic E-state index is 5.44. The van der Waals surface area contributed by atoms with Gasteiger partial charge >= 0.3 is 0 Å². The van der Waals surface area contributed by atoms with E-state index in [1.54, 1.807) is 7.11 Å². The molecule has 0 spiro atoms. The van der Waals surface area contributed by atoms with Gasteiger partial charge in [-0.2, -0.15) is 0 Å². The van der Waals surface area contributed by atoms with E-state index >= 15 is 0 Å². The van der Waals surface area contributed by atoms with Gasteiger partial charge in [-0.3, -0.25) is 4.90 Å². The van der Waals surface area contributed by atoms with Crippen molar-refractivity contribution in [3.05, 3.63) is 23.8 Å². The average Bonchev–Trinajstić information content (AvgIpc) is 2.56. The zero-order valence-electron chi connectivity index (χ0n) is 13.1. The molecule has 2 aliphatic rings. The lowest BCUT2D eigenvalue weighted by Gasteiger charge is -2.33. The summed E-state index contributed by atoms with van der Waals surface area (Å²) in [5.41, 5.74) is 2.83. The Morgan fingerprint density at radius 2 is 1.81 bits per heavy atom. The summed E-state index contributed by atoms with van der Waals surface area (Å²) in [4.78, 5) is 5.10. The van der Waals surface area contributed by atoms with Crippen LogP contribution in [-0.2, 0) is 6.54 Å². The van der Waals surface area contributed by atoms with Crippen LogP contribution in [0, 0.1) is 0 Å². The standard InChI is InChI=1S/C17H27N3O/c1-21-16-5-6-17(20-9-3-2-4-10-20)15(13-16)14-19-11-7-18-8-12-19/h5-6,13,18H,2-4,7-12,14H2,1H3. The quantitative estimate of drug-likeness (QED) is 0.918. The van der Waals surface area contributed by atoms with E-state index in [1.165, 1.54) is 43.6 Å². The second-order valence-electron chi connectivity index (χ2n) is 6.07. The third kappa shape index (κ3) is 3.69. The molecule has 0 radical (unpaired) electrons. The van der Waals surface area contributed by atoms with Crippen molar-refractivity contribution < 1.29 is 4.74 Å². The molecule has 4 heteroatoms. The molecule has 2 aliphatic heterocycles. The number of rotatable bonds is 4. The molecular formula is C17H27N3O. The van der Waals surface area contributed by atoms with Crippen LogP contribution in [0.25, 0.3) is 0 Å². The number of ether oxygens (including phenoxy) is 1. The maximum absolute atomic E-state index is 5.44. The predicted molar refractivity (Wildman–Crippen MR) is 87.2 cm³/mol. The monoisotopic (exact) mass is 289 g/mol. The molecule has 1 N–H and O–H groups in total. The number of hydrogen-bond acceptors (Lipinski definition) is 4. The van der Waals surface area contributed by atoms with Gasteiger partial charge in [0, 0.05) is 51.5 Å². The van der Waals surface area contributed by atoms with E-state index in [0.717, 1.165) is 38.5 Å². The van der Waals surface area contributed by atoms with E-state index in [9.17, 15) is 0 Å². The molecule has 0 amide bonds. The van der Waals surface area contributed by atoms with Crippen molar-refractivity contribution in [1.82, 2.24) is 10.2 Å². The molecule has 0 bridgehead atoms. The molecule has 0 saturated carbocycles. The predicted octanol–water partition coefficient (Wildman–Crippen LogP) is 2.09. The summed E-state index contributed by atoms with van der Waals surface area (Å²) >= 11 is 0. The second kappa shape index (κ2) is 7.14. The van der Waals surface area contributed by atoms with Gasteiger partial charge in [0.25, 0.3) is 0 Å². The van der Waals surface area contributed by atoms with Gasteiger partial charge < -0.3 is 15.0 Å². The second-order valence-corrected chi connectivity index (χ2v) is 6.07. The lowest BCUT2D eigenvalue weighted by molar-refractivity contribution is 0.233. The van der Waals surface area contributed by atoms with E-state index in [-0.39, 0.29) is 0 Å². The van der Waals surface area contributed by atoms with Gasteiger partial charge in [0.2, 0.25) is 0 Å². The zero-order valence-corrected chi connectivity index (χ0v) is 13.1. The molecule has 0 aromatic heterocycles. The van der Waals surface area contributed by atoms with Crippen LogP contribution in [0.1, 0.15) is 24.8 Å². The van der Waals surface area contributed by atoms with Crippen LogP contribution in [0.5, 0.6) is 5.75 Å². The average molecular weight is 289 g/mol. The Hall–Kier alpha value is -1.26. The largest absolute Gasteiger partial charge is 0.497 e.